The molecule has 0 atom stereocenters. The zero-order valence-corrected chi connectivity index (χ0v) is 10.7. The van der Waals surface area contributed by atoms with E-state index >= 15 is 0 Å². The number of rotatable bonds is 4. The number of carboxylic acids is 1. The first-order valence-corrected chi connectivity index (χ1v) is 5.70. The highest BCUT2D eigenvalue weighted by atomic mass is 19.1. The molecule has 1 aromatic heterocycles. The van der Waals surface area contributed by atoms with Crippen LogP contribution in [0, 0.1) is 22.9 Å². The van der Waals surface area contributed by atoms with Crippen LogP contribution in [-0.4, -0.2) is 21.0 Å². The number of aromatic carboxylic acids is 1. The first kappa shape index (κ1) is 14.4. The monoisotopic (exact) mass is 292 g/mol. The van der Waals surface area contributed by atoms with Crippen LogP contribution >= 0.6 is 0 Å². The van der Waals surface area contributed by atoms with Crippen LogP contribution < -0.4 is 4.74 Å². The van der Waals surface area contributed by atoms with Crippen molar-refractivity contribution in [3.8, 4) is 11.5 Å². The average Bonchev–Trinajstić information content (AvgIpc) is 2.42. The van der Waals surface area contributed by atoms with Crippen LogP contribution in [0.1, 0.15) is 16.1 Å². The van der Waals surface area contributed by atoms with Gasteiger partial charge in [0.05, 0.1) is 17.2 Å². The van der Waals surface area contributed by atoms with E-state index in [1.54, 1.807) is 0 Å². The third kappa shape index (κ3) is 3.11. The third-order valence-corrected chi connectivity index (χ3v) is 2.63. The number of nitro groups is 1. The van der Waals surface area contributed by atoms with Crippen molar-refractivity contribution >= 4 is 11.7 Å². The molecule has 7 nitrogen and oxygen atoms in total. The Hall–Kier alpha value is -3.03. The van der Waals surface area contributed by atoms with E-state index < -0.39 is 16.7 Å². The second-order valence-electron chi connectivity index (χ2n) is 4.11. The van der Waals surface area contributed by atoms with Crippen molar-refractivity contribution in [2.75, 3.05) is 0 Å². The molecule has 0 spiro atoms. The van der Waals surface area contributed by atoms with Gasteiger partial charge in [0.15, 0.2) is 11.6 Å². The van der Waals surface area contributed by atoms with Crippen LogP contribution in [0.3, 0.4) is 0 Å². The lowest BCUT2D eigenvalue weighted by molar-refractivity contribution is -0.385. The minimum absolute atomic E-state index is 0.118. The summed E-state index contributed by atoms with van der Waals surface area (Å²) in [4.78, 5) is 24.2. The van der Waals surface area contributed by atoms with Crippen LogP contribution in [0.25, 0.3) is 0 Å². The van der Waals surface area contributed by atoms with Gasteiger partial charge in [-0.25, -0.2) is 14.2 Å². The lowest BCUT2D eigenvalue weighted by atomic mass is 10.2. The zero-order chi connectivity index (χ0) is 15.6. The fourth-order valence-corrected chi connectivity index (χ4v) is 1.61. The van der Waals surface area contributed by atoms with Crippen molar-refractivity contribution in [2.24, 2.45) is 0 Å². The summed E-state index contributed by atoms with van der Waals surface area (Å²) in [5.41, 5.74) is -0.284. The summed E-state index contributed by atoms with van der Waals surface area (Å²) in [7, 11) is 0. The largest absolute Gasteiger partial charge is 0.477 e. The lowest BCUT2D eigenvalue weighted by Crippen LogP contribution is -2.00. The van der Waals surface area contributed by atoms with Crippen molar-refractivity contribution in [1.82, 2.24) is 4.98 Å². The van der Waals surface area contributed by atoms with Crippen LogP contribution in [-0.2, 0) is 0 Å². The summed E-state index contributed by atoms with van der Waals surface area (Å²) < 4.78 is 18.9. The molecule has 1 heterocycles. The number of nitro benzene ring substituents is 1. The van der Waals surface area contributed by atoms with E-state index in [-0.39, 0.29) is 28.4 Å². The Morgan fingerprint density at radius 1 is 1.43 bits per heavy atom. The maximum absolute atomic E-state index is 13.7. The van der Waals surface area contributed by atoms with Gasteiger partial charge in [-0.05, 0) is 25.1 Å². The fourth-order valence-electron chi connectivity index (χ4n) is 1.61. The minimum Gasteiger partial charge on any atom is -0.477 e. The van der Waals surface area contributed by atoms with Gasteiger partial charge in [-0.15, -0.1) is 0 Å². The van der Waals surface area contributed by atoms with Gasteiger partial charge in [0.2, 0.25) is 0 Å². The van der Waals surface area contributed by atoms with Crippen molar-refractivity contribution in [2.45, 2.75) is 6.92 Å². The molecule has 0 bridgehead atoms. The molecule has 2 rings (SSSR count). The molecule has 0 amide bonds. The molecule has 0 saturated carbocycles. The number of hydrogen-bond acceptors (Lipinski definition) is 5. The number of carboxylic acid groups (broad SMARTS) is 1. The molecular formula is C13H9FN2O5. The number of benzene rings is 1. The van der Waals surface area contributed by atoms with Crippen LogP contribution in [0.4, 0.5) is 10.1 Å². The van der Waals surface area contributed by atoms with Crippen LogP contribution in [0.5, 0.6) is 11.5 Å². The summed E-state index contributed by atoms with van der Waals surface area (Å²) in [6.07, 6.45) is 1.12. The van der Waals surface area contributed by atoms with Gasteiger partial charge < -0.3 is 9.84 Å². The zero-order valence-electron chi connectivity index (χ0n) is 10.7. The summed E-state index contributed by atoms with van der Waals surface area (Å²) >= 11 is 0. The van der Waals surface area contributed by atoms with Crippen LogP contribution in [0.2, 0.25) is 0 Å². The maximum atomic E-state index is 13.7. The standard InChI is InChI=1S/C13H9FN2O5/c1-7-4-12(9(14)5-11(7)16(19)20)21-8-2-3-10(13(17)18)15-6-8/h2-6H,1H3,(H,17,18). The van der Waals surface area contributed by atoms with Gasteiger partial charge >= 0.3 is 5.97 Å². The van der Waals surface area contributed by atoms with Crippen LogP contribution in [0.15, 0.2) is 30.5 Å². The number of nitrogens with zero attached hydrogens (tertiary/aromatic N) is 2. The summed E-state index contributed by atoms with van der Waals surface area (Å²) in [6.45, 7) is 1.45. The summed E-state index contributed by atoms with van der Waals surface area (Å²) in [5.74, 6) is -2.18. The van der Waals surface area contributed by atoms with E-state index in [2.05, 4.69) is 4.98 Å². The Bertz CT molecular complexity index is 715. The molecule has 0 unspecified atom stereocenters. The number of aryl methyl sites for hydroxylation is 1. The third-order valence-electron chi connectivity index (χ3n) is 2.63. The molecule has 8 heteroatoms. The van der Waals surface area contributed by atoms with E-state index in [1.807, 2.05) is 0 Å². The van der Waals surface area contributed by atoms with E-state index in [1.165, 1.54) is 25.1 Å². The summed E-state index contributed by atoms with van der Waals surface area (Å²) in [6, 6.07) is 4.47. The van der Waals surface area contributed by atoms with Crippen molar-refractivity contribution in [3.63, 3.8) is 0 Å². The van der Waals surface area contributed by atoms with Gasteiger partial charge in [-0.1, -0.05) is 0 Å². The average molecular weight is 292 g/mol. The predicted octanol–water partition coefficient (Wildman–Crippen LogP) is 2.93. The number of halogens is 1. The van der Waals surface area contributed by atoms with Gasteiger partial charge in [0, 0.05) is 5.56 Å². The lowest BCUT2D eigenvalue weighted by Gasteiger charge is -2.08. The first-order chi connectivity index (χ1) is 9.88. The quantitative estimate of drug-likeness (QED) is 0.686. The molecule has 21 heavy (non-hydrogen) atoms. The Kier molecular flexibility index (Phi) is 3.79. The molecule has 0 saturated heterocycles. The molecular weight excluding hydrogens is 283 g/mol. The van der Waals surface area contributed by atoms with E-state index in [9.17, 15) is 19.3 Å². The van der Waals surface area contributed by atoms with E-state index in [0.717, 1.165) is 12.3 Å². The smallest absolute Gasteiger partial charge is 0.354 e. The molecule has 108 valence electrons. The number of aromatic nitrogens is 1. The Morgan fingerprint density at radius 3 is 2.67 bits per heavy atom. The first-order valence-electron chi connectivity index (χ1n) is 5.70. The van der Waals surface area contributed by atoms with Gasteiger partial charge in [0.25, 0.3) is 5.69 Å². The fraction of sp³-hybridized carbons (Fsp3) is 0.0769. The number of ether oxygens (including phenoxy) is 1. The second-order valence-corrected chi connectivity index (χ2v) is 4.11. The van der Waals surface area contributed by atoms with Gasteiger partial charge in [0.1, 0.15) is 11.4 Å². The Labute approximate surface area is 117 Å². The van der Waals surface area contributed by atoms with E-state index in [4.69, 9.17) is 9.84 Å². The normalized spacial score (nSPS) is 10.2. The Morgan fingerprint density at radius 2 is 2.14 bits per heavy atom. The molecule has 0 fully saturated rings. The molecule has 0 aliphatic carbocycles. The molecule has 2 aromatic rings. The molecule has 1 N–H and O–H groups in total. The molecule has 0 radical (unpaired) electrons. The highest BCUT2D eigenvalue weighted by molar-refractivity contribution is 5.85. The van der Waals surface area contributed by atoms with Crippen molar-refractivity contribution in [1.29, 1.82) is 0 Å². The van der Waals surface area contributed by atoms with Crippen molar-refractivity contribution in [3.05, 3.63) is 57.7 Å². The van der Waals surface area contributed by atoms with E-state index in [0.29, 0.717) is 0 Å². The molecule has 0 aliphatic rings. The minimum atomic E-state index is -1.20. The maximum Gasteiger partial charge on any atom is 0.354 e. The topological polar surface area (TPSA) is 103 Å². The Balaban J connectivity index is 2.29. The molecule has 0 aliphatic heterocycles. The molecule has 1 aromatic carbocycles. The van der Waals surface area contributed by atoms with Crippen molar-refractivity contribution < 1.29 is 24.0 Å². The summed E-state index contributed by atoms with van der Waals surface area (Å²) in [5, 5.41) is 19.4. The van der Waals surface area contributed by atoms with Gasteiger partial charge in [-0.3, -0.25) is 10.1 Å². The predicted molar refractivity (Wildman–Crippen MR) is 69.1 cm³/mol. The highest BCUT2D eigenvalue weighted by Crippen LogP contribution is 2.30. The second kappa shape index (κ2) is 5.53. The number of pyridine rings is 1. The SMILES string of the molecule is Cc1cc(Oc2ccc(C(=O)O)nc2)c(F)cc1[N+](=O)[O-]. The number of carbonyl (C=O) groups is 1. The highest BCUT2D eigenvalue weighted by Gasteiger charge is 2.17. The number of hydrogen-bond donors (Lipinski definition) is 1. The van der Waals surface area contributed by atoms with Gasteiger partial charge in [-0.2, -0.15) is 0 Å².